The van der Waals surface area contributed by atoms with E-state index < -0.39 is 10.8 Å². The van der Waals surface area contributed by atoms with Gasteiger partial charge in [-0.3, -0.25) is 20.0 Å². The SMILES string of the molecule is Cc1[nH]ncc1C(=O)Nc1ccc(C#N)cc1[N+](=O)[O-]. The zero-order valence-corrected chi connectivity index (χ0v) is 10.4. The number of H-pyrrole nitrogens is 1. The quantitative estimate of drug-likeness (QED) is 0.649. The topological polar surface area (TPSA) is 125 Å². The molecule has 0 bridgehead atoms. The lowest BCUT2D eigenvalue weighted by Crippen LogP contribution is -2.13. The van der Waals surface area contributed by atoms with Crippen molar-refractivity contribution in [2.45, 2.75) is 6.92 Å². The van der Waals surface area contributed by atoms with Crippen molar-refractivity contribution in [3.8, 4) is 6.07 Å². The Balaban J connectivity index is 2.35. The molecule has 1 aromatic carbocycles. The summed E-state index contributed by atoms with van der Waals surface area (Å²) >= 11 is 0. The van der Waals surface area contributed by atoms with E-state index >= 15 is 0 Å². The van der Waals surface area contributed by atoms with Gasteiger partial charge in [0.1, 0.15) is 5.69 Å². The fourth-order valence-corrected chi connectivity index (χ4v) is 1.63. The van der Waals surface area contributed by atoms with Crippen molar-refractivity contribution in [1.82, 2.24) is 10.2 Å². The highest BCUT2D eigenvalue weighted by Crippen LogP contribution is 2.26. The van der Waals surface area contributed by atoms with Crippen LogP contribution in [0.25, 0.3) is 0 Å². The van der Waals surface area contributed by atoms with E-state index in [4.69, 9.17) is 5.26 Å². The van der Waals surface area contributed by atoms with Crippen LogP contribution in [0, 0.1) is 28.4 Å². The van der Waals surface area contributed by atoms with Gasteiger partial charge in [0.2, 0.25) is 0 Å². The van der Waals surface area contributed by atoms with Gasteiger partial charge < -0.3 is 5.32 Å². The fraction of sp³-hybridized carbons (Fsp3) is 0.0833. The van der Waals surface area contributed by atoms with Gasteiger partial charge in [0.25, 0.3) is 11.6 Å². The van der Waals surface area contributed by atoms with Gasteiger partial charge in [-0.1, -0.05) is 0 Å². The number of benzene rings is 1. The average Bonchev–Trinajstić information content (AvgIpc) is 2.85. The number of anilines is 1. The maximum atomic E-state index is 12.0. The van der Waals surface area contributed by atoms with Gasteiger partial charge in [-0.25, -0.2) is 0 Å². The number of nitriles is 1. The van der Waals surface area contributed by atoms with Gasteiger partial charge in [0.15, 0.2) is 0 Å². The summed E-state index contributed by atoms with van der Waals surface area (Å²) in [5.41, 5.74) is 0.690. The third-order valence-electron chi connectivity index (χ3n) is 2.65. The molecule has 0 spiro atoms. The Morgan fingerprint density at radius 1 is 1.55 bits per heavy atom. The number of carbonyl (C=O) groups is 1. The van der Waals surface area contributed by atoms with E-state index in [9.17, 15) is 14.9 Å². The molecule has 0 saturated carbocycles. The molecule has 0 atom stereocenters. The number of nitrogens with one attached hydrogen (secondary N) is 2. The molecule has 8 nitrogen and oxygen atoms in total. The minimum Gasteiger partial charge on any atom is -0.316 e. The Morgan fingerprint density at radius 3 is 2.85 bits per heavy atom. The summed E-state index contributed by atoms with van der Waals surface area (Å²) < 4.78 is 0. The number of hydrogen-bond donors (Lipinski definition) is 2. The van der Waals surface area contributed by atoms with E-state index in [2.05, 4.69) is 15.5 Å². The number of amides is 1. The van der Waals surface area contributed by atoms with Gasteiger partial charge in [0.05, 0.1) is 28.3 Å². The standard InChI is InChI=1S/C12H9N5O3/c1-7-9(6-14-16-7)12(18)15-10-3-2-8(5-13)4-11(10)17(19)20/h2-4,6H,1H3,(H,14,16)(H,15,18). The molecule has 2 aromatic rings. The normalized spacial score (nSPS) is 9.80. The number of aryl methyl sites for hydroxylation is 1. The van der Waals surface area contributed by atoms with Crippen molar-refractivity contribution in [2.75, 3.05) is 5.32 Å². The van der Waals surface area contributed by atoms with Crippen molar-refractivity contribution >= 4 is 17.3 Å². The zero-order chi connectivity index (χ0) is 14.7. The van der Waals surface area contributed by atoms with Crippen molar-refractivity contribution < 1.29 is 9.72 Å². The first-order valence-electron chi connectivity index (χ1n) is 5.53. The van der Waals surface area contributed by atoms with Crippen LogP contribution in [0.2, 0.25) is 0 Å². The monoisotopic (exact) mass is 271 g/mol. The molecule has 0 radical (unpaired) electrons. The van der Waals surface area contributed by atoms with E-state index in [0.717, 1.165) is 6.07 Å². The Kier molecular flexibility index (Phi) is 3.43. The van der Waals surface area contributed by atoms with Crippen LogP contribution in [0.4, 0.5) is 11.4 Å². The molecule has 0 fully saturated rings. The minimum absolute atomic E-state index is 0.0274. The highest BCUT2D eigenvalue weighted by Gasteiger charge is 2.19. The van der Waals surface area contributed by atoms with Crippen LogP contribution in [-0.2, 0) is 0 Å². The number of nitro groups is 1. The highest BCUT2D eigenvalue weighted by molar-refractivity contribution is 6.06. The van der Waals surface area contributed by atoms with Crippen LogP contribution in [0.15, 0.2) is 24.4 Å². The molecule has 0 aliphatic heterocycles. The van der Waals surface area contributed by atoms with E-state index in [1.54, 1.807) is 6.92 Å². The van der Waals surface area contributed by atoms with Crippen LogP contribution in [-0.4, -0.2) is 21.0 Å². The van der Waals surface area contributed by atoms with Crippen LogP contribution >= 0.6 is 0 Å². The van der Waals surface area contributed by atoms with E-state index in [-0.39, 0.29) is 16.9 Å². The van der Waals surface area contributed by atoms with Crippen molar-refractivity contribution in [2.24, 2.45) is 0 Å². The van der Waals surface area contributed by atoms with Crippen molar-refractivity contribution in [3.05, 3.63) is 51.3 Å². The van der Waals surface area contributed by atoms with Crippen molar-refractivity contribution in [3.63, 3.8) is 0 Å². The molecular formula is C12H9N5O3. The Hall–Kier alpha value is -3.21. The number of carbonyl (C=O) groups excluding carboxylic acids is 1. The van der Waals surface area contributed by atoms with Gasteiger partial charge in [0, 0.05) is 11.8 Å². The molecule has 2 rings (SSSR count). The molecule has 100 valence electrons. The third-order valence-corrected chi connectivity index (χ3v) is 2.65. The lowest BCUT2D eigenvalue weighted by Gasteiger charge is -2.05. The van der Waals surface area contributed by atoms with E-state index in [0.29, 0.717) is 11.3 Å². The number of nitrogens with zero attached hydrogens (tertiary/aromatic N) is 3. The molecule has 1 amide bonds. The smallest absolute Gasteiger partial charge is 0.294 e. The maximum absolute atomic E-state index is 12.0. The summed E-state index contributed by atoms with van der Waals surface area (Å²) in [6.45, 7) is 1.66. The Morgan fingerprint density at radius 2 is 2.30 bits per heavy atom. The maximum Gasteiger partial charge on any atom is 0.294 e. The molecule has 2 N–H and O–H groups in total. The highest BCUT2D eigenvalue weighted by atomic mass is 16.6. The summed E-state index contributed by atoms with van der Waals surface area (Å²) in [6.07, 6.45) is 1.33. The lowest BCUT2D eigenvalue weighted by atomic mass is 10.1. The van der Waals surface area contributed by atoms with E-state index in [1.165, 1.54) is 18.3 Å². The molecule has 0 aliphatic carbocycles. The molecule has 0 unspecified atom stereocenters. The van der Waals surface area contributed by atoms with Crippen molar-refractivity contribution in [1.29, 1.82) is 5.26 Å². The predicted molar refractivity (Wildman–Crippen MR) is 69.1 cm³/mol. The number of aromatic nitrogens is 2. The first-order valence-corrected chi connectivity index (χ1v) is 5.53. The van der Waals surface area contributed by atoms with Crippen LogP contribution < -0.4 is 5.32 Å². The third kappa shape index (κ3) is 2.46. The summed E-state index contributed by atoms with van der Waals surface area (Å²) in [5, 5.41) is 28.4. The fourth-order valence-electron chi connectivity index (χ4n) is 1.63. The molecule has 1 aromatic heterocycles. The lowest BCUT2D eigenvalue weighted by molar-refractivity contribution is -0.383. The van der Waals surface area contributed by atoms with Crippen LogP contribution in [0.3, 0.4) is 0 Å². The largest absolute Gasteiger partial charge is 0.316 e. The summed E-state index contributed by atoms with van der Waals surface area (Å²) in [6, 6.07) is 5.63. The molecule has 0 saturated heterocycles. The first-order chi connectivity index (χ1) is 9.52. The zero-order valence-electron chi connectivity index (χ0n) is 10.4. The molecule has 1 heterocycles. The molecule has 0 aliphatic rings. The second-order valence-electron chi connectivity index (χ2n) is 3.96. The second kappa shape index (κ2) is 5.19. The average molecular weight is 271 g/mol. The van der Waals surface area contributed by atoms with E-state index in [1.807, 2.05) is 6.07 Å². The summed E-state index contributed by atoms with van der Waals surface area (Å²) in [4.78, 5) is 22.3. The Bertz CT molecular complexity index is 729. The predicted octanol–water partition coefficient (Wildman–Crippen LogP) is 1.75. The second-order valence-corrected chi connectivity index (χ2v) is 3.96. The molecule has 8 heteroatoms. The molecular weight excluding hydrogens is 262 g/mol. The summed E-state index contributed by atoms with van der Waals surface area (Å²) in [7, 11) is 0. The van der Waals surface area contributed by atoms with Gasteiger partial charge in [-0.05, 0) is 19.1 Å². The minimum atomic E-state index is -0.654. The summed E-state index contributed by atoms with van der Waals surface area (Å²) in [5.74, 6) is -0.510. The van der Waals surface area contributed by atoms with Gasteiger partial charge >= 0.3 is 0 Å². The molecule has 20 heavy (non-hydrogen) atoms. The van der Waals surface area contributed by atoms with Crippen LogP contribution in [0.5, 0.6) is 0 Å². The van der Waals surface area contributed by atoms with Crippen LogP contribution in [0.1, 0.15) is 21.6 Å². The number of nitro benzene ring substituents is 1. The first kappa shape index (κ1) is 13.2. The number of aromatic amines is 1. The van der Waals surface area contributed by atoms with Gasteiger partial charge in [-0.15, -0.1) is 0 Å². The van der Waals surface area contributed by atoms with Gasteiger partial charge in [-0.2, -0.15) is 10.4 Å². The Labute approximate surface area is 113 Å². The number of hydrogen-bond acceptors (Lipinski definition) is 5. The number of rotatable bonds is 3.